The van der Waals surface area contributed by atoms with Crippen LogP contribution in [0.25, 0.3) is 0 Å². The van der Waals surface area contributed by atoms with E-state index in [1.54, 1.807) is 13.8 Å². The standard InChI is InChI=1S/C20H33N3O2S.HI/c1-6-21-19(22-15-20(3,4)26(5,24)25)23-13-12-18(16(2)14-23)17-10-8-7-9-11-17;/h7-11,16,18H,6,12-15H2,1-5H3,(H,21,22);1H. The Morgan fingerprint density at radius 1 is 1.30 bits per heavy atom. The first-order valence-corrected chi connectivity index (χ1v) is 11.3. The highest BCUT2D eigenvalue weighted by molar-refractivity contribution is 14.0. The Morgan fingerprint density at radius 3 is 2.44 bits per heavy atom. The SMILES string of the molecule is CCNC(=NCC(C)(C)S(C)(=O)=O)N1CCC(c2ccccc2)C(C)C1.I. The molecule has 0 bridgehead atoms. The molecule has 0 aromatic heterocycles. The zero-order valence-corrected chi connectivity index (χ0v) is 20.3. The summed E-state index contributed by atoms with van der Waals surface area (Å²) in [6.45, 7) is 10.7. The van der Waals surface area contributed by atoms with Gasteiger partial charge in [0.15, 0.2) is 15.8 Å². The van der Waals surface area contributed by atoms with Gasteiger partial charge in [0.1, 0.15) is 0 Å². The lowest BCUT2D eigenvalue weighted by molar-refractivity contribution is 0.234. The van der Waals surface area contributed by atoms with Crippen LogP contribution in [0.15, 0.2) is 35.3 Å². The number of sulfone groups is 1. The zero-order valence-electron chi connectivity index (χ0n) is 17.1. The van der Waals surface area contributed by atoms with E-state index in [-0.39, 0.29) is 30.5 Å². The normalized spacial score (nSPS) is 21.5. The molecule has 7 heteroatoms. The van der Waals surface area contributed by atoms with Crippen LogP contribution < -0.4 is 5.32 Å². The van der Waals surface area contributed by atoms with Gasteiger partial charge in [-0.15, -0.1) is 24.0 Å². The molecule has 154 valence electrons. The number of nitrogens with one attached hydrogen (secondary N) is 1. The number of rotatable bonds is 5. The van der Waals surface area contributed by atoms with Crippen molar-refractivity contribution < 1.29 is 8.42 Å². The lowest BCUT2D eigenvalue weighted by atomic mass is 9.82. The van der Waals surface area contributed by atoms with Crippen LogP contribution in [0.2, 0.25) is 0 Å². The summed E-state index contributed by atoms with van der Waals surface area (Å²) in [5, 5.41) is 3.33. The van der Waals surface area contributed by atoms with Crippen LogP contribution in [0.3, 0.4) is 0 Å². The Morgan fingerprint density at radius 2 is 1.93 bits per heavy atom. The summed E-state index contributed by atoms with van der Waals surface area (Å²) in [6.07, 6.45) is 2.36. The summed E-state index contributed by atoms with van der Waals surface area (Å²) in [5.74, 6) is 1.89. The Hall–Kier alpha value is -0.830. The van der Waals surface area contributed by atoms with E-state index in [2.05, 4.69) is 52.5 Å². The Balaban J connectivity index is 0.00000364. The van der Waals surface area contributed by atoms with Crippen LogP contribution in [0.4, 0.5) is 0 Å². The lowest BCUT2D eigenvalue weighted by Gasteiger charge is -2.39. The van der Waals surface area contributed by atoms with Crippen LogP contribution in [0.1, 0.15) is 45.6 Å². The van der Waals surface area contributed by atoms with Gasteiger partial charge in [0.05, 0.1) is 11.3 Å². The maximum atomic E-state index is 11.9. The molecular weight excluding hydrogens is 473 g/mol. The molecule has 0 radical (unpaired) electrons. The third-order valence-electron chi connectivity index (χ3n) is 5.38. The van der Waals surface area contributed by atoms with Crippen molar-refractivity contribution in [2.45, 2.75) is 44.8 Å². The molecule has 1 aromatic rings. The van der Waals surface area contributed by atoms with Gasteiger partial charge in [0.2, 0.25) is 0 Å². The van der Waals surface area contributed by atoms with Crippen molar-refractivity contribution in [3.63, 3.8) is 0 Å². The third kappa shape index (κ3) is 6.34. The summed E-state index contributed by atoms with van der Waals surface area (Å²) in [5.41, 5.74) is 1.40. The van der Waals surface area contributed by atoms with E-state index in [4.69, 9.17) is 0 Å². The summed E-state index contributed by atoms with van der Waals surface area (Å²) in [4.78, 5) is 6.93. The number of halogens is 1. The van der Waals surface area contributed by atoms with Gasteiger partial charge in [-0.25, -0.2) is 8.42 Å². The van der Waals surface area contributed by atoms with Crippen molar-refractivity contribution in [2.24, 2.45) is 10.9 Å². The number of hydrogen-bond acceptors (Lipinski definition) is 3. The van der Waals surface area contributed by atoms with Crippen molar-refractivity contribution in [1.29, 1.82) is 0 Å². The van der Waals surface area contributed by atoms with Crippen molar-refractivity contribution in [3.05, 3.63) is 35.9 Å². The average molecular weight is 507 g/mol. The predicted octanol–water partition coefficient (Wildman–Crippen LogP) is 3.52. The zero-order chi connectivity index (χ0) is 19.4. The van der Waals surface area contributed by atoms with Gasteiger partial charge in [-0.3, -0.25) is 4.99 Å². The van der Waals surface area contributed by atoms with E-state index >= 15 is 0 Å². The molecule has 0 amide bonds. The number of guanidine groups is 1. The second-order valence-corrected chi connectivity index (χ2v) is 10.6. The number of benzene rings is 1. The number of likely N-dealkylation sites (tertiary alicyclic amines) is 1. The van der Waals surface area contributed by atoms with Crippen LogP contribution >= 0.6 is 24.0 Å². The first-order chi connectivity index (χ1) is 12.2. The largest absolute Gasteiger partial charge is 0.357 e. The molecule has 1 aromatic carbocycles. The van der Waals surface area contributed by atoms with Gasteiger partial charge in [0.25, 0.3) is 0 Å². The Labute approximate surface area is 182 Å². The van der Waals surface area contributed by atoms with Crippen LogP contribution in [-0.2, 0) is 9.84 Å². The molecule has 1 aliphatic rings. The molecule has 2 atom stereocenters. The molecule has 1 aliphatic heterocycles. The van der Waals surface area contributed by atoms with E-state index in [0.717, 1.165) is 32.0 Å². The van der Waals surface area contributed by atoms with E-state index in [1.165, 1.54) is 11.8 Å². The second kappa shape index (κ2) is 10.1. The molecule has 5 nitrogen and oxygen atoms in total. The monoisotopic (exact) mass is 507 g/mol. The van der Waals surface area contributed by atoms with Gasteiger partial charge in [-0.05, 0) is 44.6 Å². The number of aliphatic imine (C=N–C) groups is 1. The molecule has 0 spiro atoms. The molecule has 1 saturated heterocycles. The smallest absolute Gasteiger partial charge is 0.193 e. The number of hydrogen-bond donors (Lipinski definition) is 1. The third-order valence-corrected chi connectivity index (χ3v) is 7.52. The summed E-state index contributed by atoms with van der Waals surface area (Å²) in [6, 6.07) is 10.7. The molecule has 27 heavy (non-hydrogen) atoms. The maximum Gasteiger partial charge on any atom is 0.193 e. The lowest BCUT2D eigenvalue weighted by Crippen LogP contribution is -2.48. The molecule has 1 N–H and O–H groups in total. The first-order valence-electron chi connectivity index (χ1n) is 9.43. The maximum absolute atomic E-state index is 11.9. The molecule has 0 saturated carbocycles. The fourth-order valence-electron chi connectivity index (χ4n) is 3.34. The van der Waals surface area contributed by atoms with Crippen LogP contribution in [0.5, 0.6) is 0 Å². The highest BCUT2D eigenvalue weighted by Gasteiger charge is 2.32. The Bertz CT molecular complexity index is 720. The van der Waals surface area contributed by atoms with Gasteiger partial charge >= 0.3 is 0 Å². The quantitative estimate of drug-likeness (QED) is 0.377. The summed E-state index contributed by atoms with van der Waals surface area (Å²) < 4.78 is 23.0. The average Bonchev–Trinajstić information content (AvgIpc) is 2.58. The van der Waals surface area contributed by atoms with Crippen LogP contribution in [-0.4, -0.2) is 56.5 Å². The highest BCUT2D eigenvalue weighted by Crippen LogP contribution is 2.32. The molecule has 2 unspecified atom stereocenters. The minimum absolute atomic E-state index is 0. The first kappa shape index (κ1) is 24.2. The summed E-state index contributed by atoms with van der Waals surface area (Å²) in [7, 11) is -3.15. The Kier molecular flexibility index (Phi) is 9.05. The molecule has 1 fully saturated rings. The number of nitrogens with zero attached hydrogens (tertiary/aromatic N) is 2. The van der Waals surface area contributed by atoms with Gasteiger partial charge in [-0.2, -0.15) is 0 Å². The topological polar surface area (TPSA) is 61.8 Å². The molecule has 2 rings (SSSR count). The van der Waals surface area contributed by atoms with Gasteiger partial charge in [-0.1, -0.05) is 37.3 Å². The van der Waals surface area contributed by atoms with Crippen molar-refractivity contribution in [2.75, 3.05) is 32.4 Å². The van der Waals surface area contributed by atoms with Crippen LogP contribution in [0, 0.1) is 5.92 Å². The summed E-state index contributed by atoms with van der Waals surface area (Å²) >= 11 is 0. The van der Waals surface area contributed by atoms with E-state index in [1.807, 2.05) is 6.92 Å². The second-order valence-electron chi connectivity index (χ2n) is 7.93. The molecule has 1 heterocycles. The molecule has 0 aliphatic carbocycles. The minimum atomic E-state index is -3.15. The minimum Gasteiger partial charge on any atom is -0.357 e. The fraction of sp³-hybridized carbons (Fsp3) is 0.650. The van der Waals surface area contributed by atoms with Gasteiger partial charge in [0, 0.05) is 25.9 Å². The molecular formula is C20H34IN3O2S. The van der Waals surface area contributed by atoms with Gasteiger partial charge < -0.3 is 10.2 Å². The van der Waals surface area contributed by atoms with Crippen molar-refractivity contribution >= 4 is 39.8 Å². The highest BCUT2D eigenvalue weighted by atomic mass is 127. The fourth-order valence-corrected chi connectivity index (χ4v) is 3.64. The predicted molar refractivity (Wildman–Crippen MR) is 125 cm³/mol. The van der Waals surface area contributed by atoms with Crippen molar-refractivity contribution in [1.82, 2.24) is 10.2 Å². The van der Waals surface area contributed by atoms with E-state index < -0.39 is 14.6 Å². The van der Waals surface area contributed by atoms with E-state index in [0.29, 0.717) is 11.8 Å². The number of piperidine rings is 1. The van der Waals surface area contributed by atoms with Crippen molar-refractivity contribution in [3.8, 4) is 0 Å². The van der Waals surface area contributed by atoms with E-state index in [9.17, 15) is 8.42 Å².